The number of aromatic nitrogens is 1. The average Bonchev–Trinajstić information content (AvgIpc) is 2.48. The molecule has 0 atom stereocenters. The van der Waals surface area contributed by atoms with Gasteiger partial charge in [-0.3, -0.25) is 0 Å². The Morgan fingerprint density at radius 3 is 2.68 bits per heavy atom. The molecule has 22 heavy (non-hydrogen) atoms. The molecule has 3 nitrogen and oxygen atoms in total. The Hall–Kier alpha value is -1.27. The van der Waals surface area contributed by atoms with Gasteiger partial charge in [0.15, 0.2) is 0 Å². The molecule has 0 radical (unpaired) electrons. The van der Waals surface area contributed by atoms with Crippen LogP contribution in [-0.2, 0) is 4.74 Å². The molecule has 1 aromatic carbocycles. The van der Waals surface area contributed by atoms with Crippen LogP contribution in [0, 0.1) is 6.92 Å². The second kappa shape index (κ2) is 6.46. The molecule has 1 saturated heterocycles. The lowest BCUT2D eigenvalue weighted by molar-refractivity contribution is 0.0232. The van der Waals surface area contributed by atoms with Crippen molar-refractivity contribution in [3.05, 3.63) is 33.9 Å². The number of halogens is 3. The number of hydrogen-bond acceptors (Lipinski definition) is 3. The summed E-state index contributed by atoms with van der Waals surface area (Å²) >= 11 is 3.47. The van der Waals surface area contributed by atoms with Crippen LogP contribution in [0.1, 0.15) is 30.5 Å². The van der Waals surface area contributed by atoms with E-state index in [1.54, 1.807) is 12.1 Å². The van der Waals surface area contributed by atoms with E-state index in [1.165, 1.54) is 0 Å². The van der Waals surface area contributed by atoms with Crippen molar-refractivity contribution in [2.45, 2.75) is 32.3 Å². The molecule has 0 aliphatic carbocycles. The normalized spacial score (nSPS) is 16.4. The summed E-state index contributed by atoms with van der Waals surface area (Å²) in [5.74, 6) is 0.166. The van der Waals surface area contributed by atoms with E-state index >= 15 is 0 Å². The summed E-state index contributed by atoms with van der Waals surface area (Å²) in [6.07, 6.45) is -1.36. The van der Waals surface area contributed by atoms with Crippen molar-refractivity contribution >= 4 is 26.8 Å². The van der Waals surface area contributed by atoms with Crippen LogP contribution in [0.2, 0.25) is 0 Å². The van der Waals surface area contributed by atoms with Crippen LogP contribution in [0.15, 0.2) is 22.7 Å². The highest BCUT2D eigenvalue weighted by atomic mass is 79.9. The topological polar surface area (TPSA) is 31.4 Å². The molecular weight excluding hydrogens is 356 g/mol. The maximum atomic E-state index is 13.3. The molecule has 0 unspecified atom stereocenters. The Morgan fingerprint density at radius 2 is 2.00 bits per heavy atom. The lowest BCUT2D eigenvalue weighted by atomic mass is 10.1. The molecule has 0 amide bonds. The van der Waals surface area contributed by atoms with Gasteiger partial charge in [0, 0.05) is 22.7 Å². The molecule has 1 aromatic heterocycles. The van der Waals surface area contributed by atoms with Crippen molar-refractivity contribution < 1.29 is 18.3 Å². The number of nitrogens with zero attached hydrogens (tertiary/aromatic N) is 1. The van der Waals surface area contributed by atoms with E-state index in [9.17, 15) is 8.78 Å². The fourth-order valence-corrected chi connectivity index (χ4v) is 3.26. The van der Waals surface area contributed by atoms with E-state index in [2.05, 4.69) is 20.9 Å². The molecule has 2 heterocycles. The van der Waals surface area contributed by atoms with Crippen LogP contribution in [0.25, 0.3) is 10.9 Å². The Kier molecular flexibility index (Phi) is 4.59. The van der Waals surface area contributed by atoms with Crippen molar-refractivity contribution in [1.82, 2.24) is 4.98 Å². The predicted molar refractivity (Wildman–Crippen MR) is 83.6 cm³/mol. The van der Waals surface area contributed by atoms with Gasteiger partial charge < -0.3 is 9.47 Å². The Balaban J connectivity index is 2.04. The van der Waals surface area contributed by atoms with E-state index in [0.717, 1.165) is 15.4 Å². The Morgan fingerprint density at radius 1 is 1.27 bits per heavy atom. The summed E-state index contributed by atoms with van der Waals surface area (Å²) in [4.78, 5) is 4.13. The molecule has 0 saturated carbocycles. The lowest BCUT2D eigenvalue weighted by Gasteiger charge is -2.24. The highest BCUT2D eigenvalue weighted by Gasteiger charge is 2.22. The van der Waals surface area contributed by atoms with Gasteiger partial charge in [-0.1, -0.05) is 15.9 Å². The van der Waals surface area contributed by atoms with Gasteiger partial charge in [-0.05, 0) is 30.7 Å². The van der Waals surface area contributed by atoms with E-state index in [1.807, 2.05) is 13.0 Å². The molecule has 2 aromatic rings. The minimum atomic E-state index is -2.67. The molecule has 0 bridgehead atoms. The van der Waals surface area contributed by atoms with Gasteiger partial charge in [0.1, 0.15) is 17.5 Å². The van der Waals surface area contributed by atoms with Gasteiger partial charge in [-0.2, -0.15) is 0 Å². The fraction of sp³-hybridized carbons (Fsp3) is 0.438. The monoisotopic (exact) mass is 371 g/mol. The third-order valence-electron chi connectivity index (χ3n) is 3.69. The number of rotatable bonds is 3. The van der Waals surface area contributed by atoms with Crippen LogP contribution in [0.3, 0.4) is 0 Å². The van der Waals surface area contributed by atoms with E-state index in [-0.39, 0.29) is 17.5 Å². The van der Waals surface area contributed by atoms with Gasteiger partial charge in [-0.25, -0.2) is 13.8 Å². The molecule has 1 aliphatic rings. The third kappa shape index (κ3) is 3.22. The predicted octanol–water partition coefficient (Wildman–Crippen LogP) is 4.80. The fourth-order valence-electron chi connectivity index (χ4n) is 2.58. The van der Waals surface area contributed by atoms with Gasteiger partial charge in [0.2, 0.25) is 0 Å². The minimum Gasteiger partial charge on any atom is -0.488 e. The van der Waals surface area contributed by atoms with E-state index in [0.29, 0.717) is 31.6 Å². The summed E-state index contributed by atoms with van der Waals surface area (Å²) < 4.78 is 38.6. The van der Waals surface area contributed by atoms with Crippen LogP contribution in [-0.4, -0.2) is 24.3 Å². The second-order valence-corrected chi connectivity index (χ2v) is 6.27. The van der Waals surface area contributed by atoms with Crippen LogP contribution in [0.5, 0.6) is 5.75 Å². The van der Waals surface area contributed by atoms with Crippen molar-refractivity contribution in [3.8, 4) is 5.75 Å². The zero-order valence-corrected chi connectivity index (χ0v) is 13.7. The summed E-state index contributed by atoms with van der Waals surface area (Å²) in [5.41, 5.74) is 1.21. The maximum Gasteiger partial charge on any atom is 0.284 e. The van der Waals surface area contributed by atoms with Crippen LogP contribution in [0.4, 0.5) is 8.78 Å². The first-order chi connectivity index (χ1) is 10.5. The van der Waals surface area contributed by atoms with Crippen molar-refractivity contribution in [2.75, 3.05) is 13.2 Å². The number of fused-ring (bicyclic) bond motifs is 1. The highest BCUT2D eigenvalue weighted by molar-refractivity contribution is 9.10. The van der Waals surface area contributed by atoms with Crippen molar-refractivity contribution in [1.29, 1.82) is 0 Å². The number of ether oxygens (including phenoxy) is 2. The Bertz CT molecular complexity index is 687. The zero-order valence-electron chi connectivity index (χ0n) is 12.1. The number of hydrogen-bond donors (Lipinski definition) is 0. The number of aryl methyl sites for hydroxylation is 1. The SMILES string of the molecule is Cc1cc(Br)c2cc(OC3CCOCC3)c(C(F)F)nc2c1. The number of benzene rings is 1. The largest absolute Gasteiger partial charge is 0.488 e. The molecule has 3 rings (SSSR count). The molecule has 0 spiro atoms. The van der Waals surface area contributed by atoms with E-state index in [4.69, 9.17) is 9.47 Å². The summed E-state index contributed by atoms with van der Waals surface area (Å²) in [6, 6.07) is 5.39. The Labute approximate surface area is 135 Å². The molecule has 1 fully saturated rings. The molecule has 6 heteroatoms. The van der Waals surface area contributed by atoms with E-state index < -0.39 is 6.43 Å². The summed E-state index contributed by atoms with van der Waals surface area (Å²) in [7, 11) is 0. The lowest BCUT2D eigenvalue weighted by Crippen LogP contribution is -2.26. The summed E-state index contributed by atoms with van der Waals surface area (Å²) in [5, 5.41) is 0.775. The first-order valence-corrected chi connectivity index (χ1v) is 7.97. The molecule has 118 valence electrons. The highest BCUT2D eigenvalue weighted by Crippen LogP contribution is 2.35. The number of pyridine rings is 1. The number of alkyl halides is 2. The molecule has 0 N–H and O–H groups in total. The maximum absolute atomic E-state index is 13.3. The third-order valence-corrected chi connectivity index (χ3v) is 4.35. The van der Waals surface area contributed by atoms with Crippen molar-refractivity contribution in [2.24, 2.45) is 0 Å². The van der Waals surface area contributed by atoms with Gasteiger partial charge >= 0.3 is 0 Å². The average molecular weight is 372 g/mol. The molecular formula is C16H16BrF2NO2. The standard InChI is InChI=1S/C16H16BrF2NO2/c1-9-6-12(17)11-8-14(22-10-2-4-21-5-3-10)15(16(18)19)20-13(11)7-9/h6-8,10,16H,2-5H2,1H3. The summed E-state index contributed by atoms with van der Waals surface area (Å²) in [6.45, 7) is 3.09. The van der Waals surface area contributed by atoms with Gasteiger partial charge in [0.05, 0.1) is 18.7 Å². The smallest absolute Gasteiger partial charge is 0.284 e. The second-order valence-electron chi connectivity index (χ2n) is 5.42. The quantitative estimate of drug-likeness (QED) is 0.776. The van der Waals surface area contributed by atoms with Gasteiger partial charge in [-0.15, -0.1) is 0 Å². The van der Waals surface area contributed by atoms with Crippen LogP contribution < -0.4 is 4.74 Å². The van der Waals surface area contributed by atoms with Gasteiger partial charge in [0.25, 0.3) is 6.43 Å². The van der Waals surface area contributed by atoms with Crippen molar-refractivity contribution in [3.63, 3.8) is 0 Å². The molecule has 1 aliphatic heterocycles. The first kappa shape index (κ1) is 15.6. The minimum absolute atomic E-state index is 0.102. The zero-order chi connectivity index (χ0) is 15.7. The first-order valence-electron chi connectivity index (χ1n) is 7.18. The van der Waals surface area contributed by atoms with Crippen LogP contribution >= 0.6 is 15.9 Å².